The lowest BCUT2D eigenvalue weighted by Gasteiger charge is -2.07. The van der Waals surface area contributed by atoms with Crippen molar-refractivity contribution in [3.63, 3.8) is 0 Å². The SMILES string of the molecule is Cc1ccccc1NC(=O)c1ccc(C#N)cc1. The molecular formula is C15H12N2O. The molecule has 18 heavy (non-hydrogen) atoms. The number of carbonyl (C=O) groups is 1. The normalized spacial score (nSPS) is 9.56. The van der Waals surface area contributed by atoms with Crippen molar-refractivity contribution >= 4 is 11.6 Å². The first-order chi connectivity index (χ1) is 8.70. The summed E-state index contributed by atoms with van der Waals surface area (Å²) in [6.07, 6.45) is 0. The Morgan fingerprint density at radius 1 is 1.11 bits per heavy atom. The molecule has 1 N–H and O–H groups in total. The molecule has 1 amide bonds. The summed E-state index contributed by atoms with van der Waals surface area (Å²) in [6.45, 7) is 1.94. The number of aryl methyl sites for hydroxylation is 1. The molecule has 3 heteroatoms. The van der Waals surface area contributed by atoms with Gasteiger partial charge in [0.05, 0.1) is 11.6 Å². The van der Waals surface area contributed by atoms with Gasteiger partial charge in [-0.1, -0.05) is 18.2 Å². The van der Waals surface area contributed by atoms with Crippen molar-refractivity contribution in [1.29, 1.82) is 5.26 Å². The number of para-hydroxylation sites is 1. The van der Waals surface area contributed by atoms with Gasteiger partial charge in [0.15, 0.2) is 0 Å². The predicted octanol–water partition coefficient (Wildman–Crippen LogP) is 3.12. The second kappa shape index (κ2) is 5.15. The third-order valence-electron chi connectivity index (χ3n) is 2.67. The van der Waals surface area contributed by atoms with E-state index in [0.717, 1.165) is 11.3 Å². The topological polar surface area (TPSA) is 52.9 Å². The molecule has 0 atom stereocenters. The van der Waals surface area contributed by atoms with Crippen molar-refractivity contribution in [3.8, 4) is 6.07 Å². The van der Waals surface area contributed by atoms with Crippen LogP contribution in [0, 0.1) is 18.3 Å². The minimum absolute atomic E-state index is 0.172. The molecule has 0 unspecified atom stereocenters. The second-order valence-electron chi connectivity index (χ2n) is 3.96. The van der Waals surface area contributed by atoms with Gasteiger partial charge in [0.2, 0.25) is 0 Å². The lowest BCUT2D eigenvalue weighted by atomic mass is 10.1. The second-order valence-corrected chi connectivity index (χ2v) is 3.96. The summed E-state index contributed by atoms with van der Waals surface area (Å²) in [4.78, 5) is 12.0. The molecule has 0 saturated heterocycles. The number of rotatable bonds is 2. The Balaban J connectivity index is 2.17. The summed E-state index contributed by atoms with van der Waals surface area (Å²) in [5.74, 6) is -0.172. The Kier molecular flexibility index (Phi) is 3.40. The fraction of sp³-hybridized carbons (Fsp3) is 0.0667. The largest absolute Gasteiger partial charge is 0.322 e. The molecule has 0 bridgehead atoms. The van der Waals surface area contributed by atoms with Crippen molar-refractivity contribution in [3.05, 3.63) is 65.2 Å². The van der Waals surface area contributed by atoms with Crippen LogP contribution < -0.4 is 5.32 Å². The standard InChI is InChI=1S/C15H12N2O/c1-11-4-2-3-5-14(11)17-15(18)13-8-6-12(10-16)7-9-13/h2-9H,1H3,(H,17,18). The Bertz CT molecular complexity index is 609. The van der Waals surface area contributed by atoms with Crippen LogP contribution in [0.1, 0.15) is 21.5 Å². The maximum atomic E-state index is 12.0. The molecule has 2 aromatic carbocycles. The van der Waals surface area contributed by atoms with Gasteiger partial charge in [-0.15, -0.1) is 0 Å². The van der Waals surface area contributed by atoms with E-state index in [1.807, 2.05) is 37.3 Å². The molecule has 0 fully saturated rings. The van der Waals surface area contributed by atoms with Gasteiger partial charge in [-0.05, 0) is 42.8 Å². The molecule has 2 aromatic rings. The van der Waals surface area contributed by atoms with Crippen LogP contribution in [0.4, 0.5) is 5.69 Å². The minimum Gasteiger partial charge on any atom is -0.322 e. The lowest BCUT2D eigenvalue weighted by molar-refractivity contribution is 0.102. The molecular weight excluding hydrogens is 224 g/mol. The Morgan fingerprint density at radius 2 is 1.78 bits per heavy atom. The summed E-state index contributed by atoms with van der Waals surface area (Å²) in [5.41, 5.74) is 2.89. The number of hydrogen-bond acceptors (Lipinski definition) is 2. The molecule has 0 spiro atoms. The van der Waals surface area contributed by atoms with Crippen molar-refractivity contribution in [2.75, 3.05) is 5.32 Å². The highest BCUT2D eigenvalue weighted by Gasteiger charge is 2.06. The van der Waals surface area contributed by atoms with Crippen LogP contribution in [0.2, 0.25) is 0 Å². The molecule has 0 aromatic heterocycles. The fourth-order valence-electron chi connectivity index (χ4n) is 1.60. The maximum Gasteiger partial charge on any atom is 0.255 e. The van der Waals surface area contributed by atoms with Crippen molar-refractivity contribution < 1.29 is 4.79 Å². The van der Waals surface area contributed by atoms with E-state index in [1.54, 1.807) is 24.3 Å². The minimum atomic E-state index is -0.172. The van der Waals surface area contributed by atoms with Gasteiger partial charge in [-0.3, -0.25) is 4.79 Å². The molecule has 0 aliphatic rings. The Morgan fingerprint density at radius 3 is 2.39 bits per heavy atom. The summed E-state index contributed by atoms with van der Waals surface area (Å²) >= 11 is 0. The first-order valence-electron chi connectivity index (χ1n) is 5.58. The van der Waals surface area contributed by atoms with E-state index in [2.05, 4.69) is 5.32 Å². The van der Waals surface area contributed by atoms with E-state index in [4.69, 9.17) is 5.26 Å². The van der Waals surface area contributed by atoms with Crippen LogP contribution >= 0.6 is 0 Å². The smallest absolute Gasteiger partial charge is 0.255 e. The number of hydrogen-bond donors (Lipinski definition) is 1. The van der Waals surface area contributed by atoms with E-state index in [1.165, 1.54) is 0 Å². The van der Waals surface area contributed by atoms with Crippen molar-refractivity contribution in [2.24, 2.45) is 0 Å². The fourth-order valence-corrected chi connectivity index (χ4v) is 1.60. The van der Waals surface area contributed by atoms with Crippen LogP contribution in [0.3, 0.4) is 0 Å². The zero-order valence-corrected chi connectivity index (χ0v) is 9.97. The van der Waals surface area contributed by atoms with E-state index < -0.39 is 0 Å². The average Bonchev–Trinajstić information content (AvgIpc) is 2.41. The zero-order valence-electron chi connectivity index (χ0n) is 9.97. The van der Waals surface area contributed by atoms with Gasteiger partial charge in [-0.2, -0.15) is 5.26 Å². The molecule has 0 aliphatic heterocycles. The number of carbonyl (C=O) groups excluding carboxylic acids is 1. The summed E-state index contributed by atoms with van der Waals surface area (Å²) in [5, 5.41) is 11.5. The number of nitrogens with one attached hydrogen (secondary N) is 1. The summed E-state index contributed by atoms with van der Waals surface area (Å²) < 4.78 is 0. The van der Waals surface area contributed by atoms with Crippen LogP contribution in [0.25, 0.3) is 0 Å². The lowest BCUT2D eigenvalue weighted by Crippen LogP contribution is -2.12. The number of anilines is 1. The van der Waals surface area contributed by atoms with Gasteiger partial charge in [0, 0.05) is 11.3 Å². The summed E-state index contributed by atoms with van der Waals surface area (Å²) in [7, 11) is 0. The quantitative estimate of drug-likeness (QED) is 0.870. The number of benzene rings is 2. The molecule has 0 saturated carbocycles. The zero-order chi connectivity index (χ0) is 13.0. The van der Waals surface area contributed by atoms with Gasteiger partial charge in [0.25, 0.3) is 5.91 Å². The number of nitriles is 1. The first kappa shape index (κ1) is 11.9. The van der Waals surface area contributed by atoms with Crippen LogP contribution in [0.5, 0.6) is 0 Å². The molecule has 0 radical (unpaired) electrons. The summed E-state index contributed by atoms with van der Waals surface area (Å²) in [6, 6.07) is 16.2. The Hall–Kier alpha value is -2.60. The van der Waals surface area contributed by atoms with Gasteiger partial charge < -0.3 is 5.32 Å². The molecule has 88 valence electrons. The maximum absolute atomic E-state index is 12.0. The van der Waals surface area contributed by atoms with Crippen LogP contribution in [-0.2, 0) is 0 Å². The monoisotopic (exact) mass is 236 g/mol. The molecule has 0 heterocycles. The third-order valence-corrected chi connectivity index (χ3v) is 2.67. The van der Waals surface area contributed by atoms with Crippen molar-refractivity contribution in [1.82, 2.24) is 0 Å². The molecule has 0 aliphatic carbocycles. The van der Waals surface area contributed by atoms with E-state index in [9.17, 15) is 4.79 Å². The highest BCUT2D eigenvalue weighted by Crippen LogP contribution is 2.14. The van der Waals surface area contributed by atoms with Gasteiger partial charge in [-0.25, -0.2) is 0 Å². The number of amides is 1. The molecule has 2 rings (SSSR count). The third kappa shape index (κ3) is 2.55. The number of nitrogens with zero attached hydrogens (tertiary/aromatic N) is 1. The van der Waals surface area contributed by atoms with E-state index in [0.29, 0.717) is 11.1 Å². The van der Waals surface area contributed by atoms with Gasteiger partial charge in [0.1, 0.15) is 0 Å². The van der Waals surface area contributed by atoms with Gasteiger partial charge >= 0.3 is 0 Å². The van der Waals surface area contributed by atoms with Crippen LogP contribution in [0.15, 0.2) is 48.5 Å². The first-order valence-corrected chi connectivity index (χ1v) is 5.58. The van der Waals surface area contributed by atoms with E-state index >= 15 is 0 Å². The Labute approximate surface area is 106 Å². The predicted molar refractivity (Wildman–Crippen MR) is 70.3 cm³/mol. The van der Waals surface area contributed by atoms with E-state index in [-0.39, 0.29) is 5.91 Å². The highest BCUT2D eigenvalue weighted by molar-refractivity contribution is 6.04. The van der Waals surface area contributed by atoms with Crippen LogP contribution in [-0.4, -0.2) is 5.91 Å². The highest BCUT2D eigenvalue weighted by atomic mass is 16.1. The average molecular weight is 236 g/mol. The van der Waals surface area contributed by atoms with Crippen molar-refractivity contribution in [2.45, 2.75) is 6.92 Å². The molecule has 3 nitrogen and oxygen atoms in total.